The van der Waals surface area contributed by atoms with Gasteiger partial charge in [0.1, 0.15) is 11.6 Å². The minimum atomic E-state index is -0.289. The van der Waals surface area contributed by atoms with Crippen LogP contribution in [-0.2, 0) is 0 Å². The third-order valence-electron chi connectivity index (χ3n) is 3.50. The SMILES string of the molecule is CCCCC(=O)c1ccc(-c2cccc(F)c2)c(OCC)c1. The van der Waals surface area contributed by atoms with Crippen molar-refractivity contribution in [3.63, 3.8) is 0 Å². The highest BCUT2D eigenvalue weighted by Crippen LogP contribution is 2.32. The van der Waals surface area contributed by atoms with E-state index in [4.69, 9.17) is 4.74 Å². The molecule has 3 heteroatoms. The lowest BCUT2D eigenvalue weighted by molar-refractivity contribution is 0.0979. The number of carbonyl (C=O) groups excluding carboxylic acids is 1. The fraction of sp³-hybridized carbons (Fsp3) is 0.316. The molecule has 2 nitrogen and oxygen atoms in total. The fourth-order valence-corrected chi connectivity index (χ4v) is 2.35. The molecule has 0 radical (unpaired) electrons. The number of ketones is 1. The normalized spacial score (nSPS) is 10.5. The second-order valence-electron chi connectivity index (χ2n) is 5.18. The Kier molecular flexibility index (Phi) is 5.70. The highest BCUT2D eigenvalue weighted by atomic mass is 19.1. The van der Waals surface area contributed by atoms with Crippen LogP contribution >= 0.6 is 0 Å². The molecule has 0 bridgehead atoms. The van der Waals surface area contributed by atoms with Gasteiger partial charge in [0.15, 0.2) is 5.78 Å². The Balaban J connectivity index is 2.37. The first-order valence-corrected chi connectivity index (χ1v) is 7.71. The maximum absolute atomic E-state index is 13.4. The molecule has 0 aliphatic rings. The zero-order valence-corrected chi connectivity index (χ0v) is 13.1. The predicted molar refractivity (Wildman–Crippen MR) is 86.9 cm³/mol. The van der Waals surface area contributed by atoms with E-state index in [0.717, 1.165) is 24.0 Å². The van der Waals surface area contributed by atoms with Gasteiger partial charge in [-0.1, -0.05) is 31.5 Å². The molecule has 0 heterocycles. The summed E-state index contributed by atoms with van der Waals surface area (Å²) in [4.78, 5) is 12.1. The summed E-state index contributed by atoms with van der Waals surface area (Å²) in [7, 11) is 0. The van der Waals surface area contributed by atoms with Crippen LogP contribution in [0.1, 0.15) is 43.5 Å². The Bertz CT molecular complexity index is 650. The Labute approximate surface area is 130 Å². The van der Waals surface area contributed by atoms with Gasteiger partial charge in [-0.3, -0.25) is 4.79 Å². The van der Waals surface area contributed by atoms with Gasteiger partial charge in [0.2, 0.25) is 0 Å². The van der Waals surface area contributed by atoms with Crippen molar-refractivity contribution in [1.29, 1.82) is 0 Å². The van der Waals surface area contributed by atoms with E-state index in [9.17, 15) is 9.18 Å². The first-order valence-electron chi connectivity index (χ1n) is 7.71. The topological polar surface area (TPSA) is 26.3 Å². The quantitative estimate of drug-likeness (QED) is 0.652. The number of ether oxygens (including phenoxy) is 1. The minimum Gasteiger partial charge on any atom is -0.493 e. The number of Topliss-reactive ketones (excluding diaryl/α,β-unsaturated/α-hetero) is 1. The van der Waals surface area contributed by atoms with Crippen molar-refractivity contribution in [2.75, 3.05) is 6.61 Å². The first-order chi connectivity index (χ1) is 10.7. The van der Waals surface area contributed by atoms with Crippen LogP contribution in [0.25, 0.3) is 11.1 Å². The van der Waals surface area contributed by atoms with Crippen LogP contribution in [-0.4, -0.2) is 12.4 Å². The van der Waals surface area contributed by atoms with Crippen LogP contribution in [0, 0.1) is 5.82 Å². The van der Waals surface area contributed by atoms with Crippen molar-refractivity contribution in [2.24, 2.45) is 0 Å². The Morgan fingerprint density at radius 2 is 1.95 bits per heavy atom. The Hall–Kier alpha value is -2.16. The van der Waals surface area contributed by atoms with Crippen molar-refractivity contribution >= 4 is 5.78 Å². The molecule has 0 aromatic heterocycles. The van der Waals surface area contributed by atoms with E-state index >= 15 is 0 Å². The lowest BCUT2D eigenvalue weighted by Gasteiger charge is -2.12. The van der Waals surface area contributed by atoms with Crippen molar-refractivity contribution in [2.45, 2.75) is 33.1 Å². The average molecular weight is 300 g/mol. The lowest BCUT2D eigenvalue weighted by Crippen LogP contribution is -2.01. The van der Waals surface area contributed by atoms with Crippen LogP contribution in [0.15, 0.2) is 42.5 Å². The first kappa shape index (κ1) is 16.2. The summed E-state index contributed by atoms with van der Waals surface area (Å²) in [5, 5.41) is 0. The number of benzene rings is 2. The summed E-state index contributed by atoms with van der Waals surface area (Å²) in [6, 6.07) is 11.8. The van der Waals surface area contributed by atoms with E-state index in [1.807, 2.05) is 19.1 Å². The molecular weight excluding hydrogens is 279 g/mol. The standard InChI is InChI=1S/C19H21FO2/c1-3-5-9-18(21)15-10-11-17(19(13-15)22-4-2)14-7-6-8-16(20)12-14/h6-8,10-13H,3-5,9H2,1-2H3. The highest BCUT2D eigenvalue weighted by Gasteiger charge is 2.12. The zero-order chi connectivity index (χ0) is 15.9. The highest BCUT2D eigenvalue weighted by molar-refractivity contribution is 5.97. The van der Waals surface area contributed by atoms with Crippen molar-refractivity contribution < 1.29 is 13.9 Å². The van der Waals surface area contributed by atoms with Crippen molar-refractivity contribution in [3.05, 3.63) is 53.8 Å². The van der Waals surface area contributed by atoms with E-state index in [1.165, 1.54) is 12.1 Å². The van der Waals surface area contributed by atoms with Gasteiger partial charge >= 0.3 is 0 Å². The number of rotatable bonds is 7. The summed E-state index contributed by atoms with van der Waals surface area (Å²) in [5.41, 5.74) is 2.20. The molecule has 0 atom stereocenters. The number of halogens is 1. The summed E-state index contributed by atoms with van der Waals surface area (Å²) >= 11 is 0. The molecule has 0 saturated heterocycles. The molecule has 22 heavy (non-hydrogen) atoms. The van der Waals surface area contributed by atoms with Gasteiger partial charge in [-0.2, -0.15) is 0 Å². The van der Waals surface area contributed by atoms with Crippen LogP contribution in [0.4, 0.5) is 4.39 Å². The van der Waals surface area contributed by atoms with Crippen LogP contribution < -0.4 is 4.74 Å². The zero-order valence-electron chi connectivity index (χ0n) is 13.1. The van der Waals surface area contributed by atoms with Crippen LogP contribution in [0.5, 0.6) is 5.75 Å². The maximum atomic E-state index is 13.4. The maximum Gasteiger partial charge on any atom is 0.163 e. The molecule has 0 aliphatic heterocycles. The lowest BCUT2D eigenvalue weighted by atomic mass is 9.99. The summed E-state index contributed by atoms with van der Waals surface area (Å²) in [5.74, 6) is 0.451. The number of hydrogen-bond acceptors (Lipinski definition) is 2. The van der Waals surface area contributed by atoms with Crippen molar-refractivity contribution in [1.82, 2.24) is 0 Å². The number of carbonyl (C=O) groups is 1. The molecule has 116 valence electrons. The molecule has 0 N–H and O–H groups in total. The molecule has 0 fully saturated rings. The molecule has 0 saturated carbocycles. The summed E-state index contributed by atoms with van der Waals surface area (Å²) in [6.07, 6.45) is 2.42. The van der Waals surface area contributed by atoms with Gasteiger partial charge in [0, 0.05) is 17.5 Å². The van der Waals surface area contributed by atoms with E-state index in [1.54, 1.807) is 18.2 Å². The third kappa shape index (κ3) is 3.94. The fourth-order valence-electron chi connectivity index (χ4n) is 2.35. The Morgan fingerprint density at radius 3 is 2.64 bits per heavy atom. The molecule has 2 aromatic rings. The summed E-state index contributed by atoms with van der Waals surface area (Å²) < 4.78 is 19.1. The van der Waals surface area contributed by atoms with Crippen LogP contribution in [0.2, 0.25) is 0 Å². The molecular formula is C19H21FO2. The van der Waals surface area contributed by atoms with Crippen LogP contribution in [0.3, 0.4) is 0 Å². The monoisotopic (exact) mass is 300 g/mol. The van der Waals surface area contributed by atoms with E-state index in [0.29, 0.717) is 24.3 Å². The average Bonchev–Trinajstić information content (AvgIpc) is 2.53. The number of hydrogen-bond donors (Lipinski definition) is 0. The second-order valence-corrected chi connectivity index (χ2v) is 5.18. The predicted octanol–water partition coefficient (Wildman–Crippen LogP) is 5.26. The van der Waals surface area contributed by atoms with Gasteiger partial charge in [-0.25, -0.2) is 4.39 Å². The minimum absolute atomic E-state index is 0.119. The van der Waals surface area contributed by atoms with E-state index < -0.39 is 0 Å². The van der Waals surface area contributed by atoms with Gasteiger partial charge in [0.25, 0.3) is 0 Å². The van der Waals surface area contributed by atoms with E-state index in [-0.39, 0.29) is 11.6 Å². The molecule has 2 aromatic carbocycles. The third-order valence-corrected chi connectivity index (χ3v) is 3.50. The molecule has 2 rings (SSSR count). The smallest absolute Gasteiger partial charge is 0.163 e. The molecule has 0 unspecified atom stereocenters. The van der Waals surface area contributed by atoms with Gasteiger partial charge < -0.3 is 4.74 Å². The van der Waals surface area contributed by atoms with Crippen molar-refractivity contribution in [3.8, 4) is 16.9 Å². The number of unbranched alkanes of at least 4 members (excludes halogenated alkanes) is 1. The molecule has 0 aliphatic carbocycles. The summed E-state index contributed by atoms with van der Waals surface area (Å²) in [6.45, 7) is 4.45. The molecule has 0 amide bonds. The largest absolute Gasteiger partial charge is 0.493 e. The van der Waals surface area contributed by atoms with Gasteiger partial charge in [-0.05, 0) is 43.2 Å². The van der Waals surface area contributed by atoms with E-state index in [2.05, 4.69) is 6.92 Å². The van der Waals surface area contributed by atoms with Gasteiger partial charge in [0.05, 0.1) is 6.61 Å². The van der Waals surface area contributed by atoms with Gasteiger partial charge in [-0.15, -0.1) is 0 Å². The Morgan fingerprint density at radius 1 is 1.14 bits per heavy atom. The second kappa shape index (κ2) is 7.74. The molecule has 0 spiro atoms.